The van der Waals surface area contributed by atoms with Gasteiger partial charge in [-0.25, -0.2) is 0 Å². The molecule has 0 aromatic carbocycles. The van der Waals surface area contributed by atoms with Gasteiger partial charge in [0.2, 0.25) is 0 Å². The van der Waals surface area contributed by atoms with E-state index in [-0.39, 0.29) is 6.10 Å². The van der Waals surface area contributed by atoms with E-state index in [1.807, 2.05) is 0 Å². The number of hydrogen-bond acceptors (Lipinski definition) is 1. The maximum Gasteiger partial charge on any atom is 0.0543 e. The standard InChI is InChI=1S/C27H48O/c1-18(2)7-6-8-19(3)23-11-12-24-22-10-9-20-17-21(28)13-15-26(20,4)25(22)14-16-27(23,24)5/h18-25,28H,6-17H2,1-5H3/t19-,20+,21?,22+,23-,24?,25+,26+,27-/m1/s1. The van der Waals surface area contributed by atoms with Crippen LogP contribution in [0.4, 0.5) is 0 Å². The number of hydrogen-bond donors (Lipinski definition) is 1. The van der Waals surface area contributed by atoms with Crippen LogP contribution in [0.2, 0.25) is 0 Å². The molecule has 0 amide bonds. The van der Waals surface area contributed by atoms with Crippen LogP contribution in [0.15, 0.2) is 0 Å². The minimum Gasteiger partial charge on any atom is -0.393 e. The summed E-state index contributed by atoms with van der Waals surface area (Å²) in [5.41, 5.74) is 1.15. The van der Waals surface area contributed by atoms with E-state index in [9.17, 15) is 5.11 Å². The van der Waals surface area contributed by atoms with Crippen LogP contribution in [0.1, 0.15) is 112 Å². The van der Waals surface area contributed by atoms with Crippen LogP contribution in [0, 0.1) is 52.3 Å². The lowest BCUT2D eigenvalue weighted by Gasteiger charge is -2.61. The van der Waals surface area contributed by atoms with Gasteiger partial charge in [-0.3, -0.25) is 0 Å². The molecule has 9 atom stereocenters. The highest BCUT2D eigenvalue weighted by molar-refractivity contribution is 5.09. The zero-order chi connectivity index (χ0) is 20.1. The highest BCUT2D eigenvalue weighted by atomic mass is 16.3. The summed E-state index contributed by atoms with van der Waals surface area (Å²) >= 11 is 0. The molecule has 0 radical (unpaired) electrons. The smallest absolute Gasteiger partial charge is 0.0543 e. The van der Waals surface area contributed by atoms with Crippen molar-refractivity contribution in [3.8, 4) is 0 Å². The van der Waals surface area contributed by atoms with Gasteiger partial charge in [0.25, 0.3) is 0 Å². The monoisotopic (exact) mass is 388 g/mol. The molecule has 2 unspecified atom stereocenters. The summed E-state index contributed by atoms with van der Waals surface area (Å²) < 4.78 is 0. The lowest BCUT2D eigenvalue weighted by molar-refractivity contribution is -0.129. The normalized spacial score (nSPS) is 49.4. The molecule has 1 nitrogen and oxygen atoms in total. The van der Waals surface area contributed by atoms with Crippen molar-refractivity contribution >= 4 is 0 Å². The molecule has 0 aromatic rings. The van der Waals surface area contributed by atoms with Gasteiger partial charge in [0.15, 0.2) is 0 Å². The molecule has 162 valence electrons. The van der Waals surface area contributed by atoms with Gasteiger partial charge in [0.05, 0.1) is 6.10 Å². The Labute approximate surface area is 175 Å². The predicted octanol–water partition coefficient (Wildman–Crippen LogP) is 7.47. The Kier molecular flexibility index (Phi) is 5.98. The molecule has 28 heavy (non-hydrogen) atoms. The minimum atomic E-state index is -0.00830. The predicted molar refractivity (Wildman–Crippen MR) is 119 cm³/mol. The van der Waals surface area contributed by atoms with Crippen molar-refractivity contribution in [2.24, 2.45) is 52.3 Å². The summed E-state index contributed by atoms with van der Waals surface area (Å²) in [5.74, 6) is 6.49. The molecule has 1 heteroatoms. The summed E-state index contributed by atoms with van der Waals surface area (Å²) in [6.07, 6.45) is 16.6. The summed E-state index contributed by atoms with van der Waals surface area (Å²) in [6, 6.07) is 0. The third kappa shape index (κ3) is 3.50. The Morgan fingerprint density at radius 2 is 1.54 bits per heavy atom. The zero-order valence-electron chi connectivity index (χ0n) is 19.6. The molecule has 0 spiro atoms. The van der Waals surface area contributed by atoms with E-state index in [1.54, 1.807) is 0 Å². The van der Waals surface area contributed by atoms with Crippen molar-refractivity contribution in [2.45, 2.75) is 118 Å². The molecule has 0 aliphatic heterocycles. The largest absolute Gasteiger partial charge is 0.393 e. The number of fused-ring (bicyclic) bond motifs is 5. The van der Waals surface area contributed by atoms with E-state index in [4.69, 9.17) is 0 Å². The van der Waals surface area contributed by atoms with Gasteiger partial charge in [-0.2, -0.15) is 0 Å². The SMILES string of the molecule is CC(C)CCC[C@@H](C)[C@H]1CCC2[C@@H]3CC[C@H]4CC(O)CC[C@]4(C)[C@H]3CC[C@@]21C. The Morgan fingerprint density at radius 1 is 0.821 bits per heavy atom. The van der Waals surface area contributed by atoms with Crippen LogP contribution in [0.5, 0.6) is 0 Å². The van der Waals surface area contributed by atoms with Crippen LogP contribution in [0.25, 0.3) is 0 Å². The topological polar surface area (TPSA) is 20.2 Å². The quantitative estimate of drug-likeness (QED) is 0.518. The summed E-state index contributed by atoms with van der Waals surface area (Å²) in [7, 11) is 0. The Morgan fingerprint density at radius 3 is 2.29 bits per heavy atom. The average molecular weight is 389 g/mol. The first-order valence-corrected chi connectivity index (χ1v) is 12.9. The first kappa shape index (κ1) is 21.2. The van der Waals surface area contributed by atoms with Crippen molar-refractivity contribution in [1.82, 2.24) is 0 Å². The van der Waals surface area contributed by atoms with Crippen molar-refractivity contribution in [3.05, 3.63) is 0 Å². The Balaban J connectivity index is 1.46. The Hall–Kier alpha value is -0.0400. The van der Waals surface area contributed by atoms with Gasteiger partial charge in [0.1, 0.15) is 0 Å². The third-order valence-corrected chi connectivity index (χ3v) is 10.8. The van der Waals surface area contributed by atoms with Crippen LogP contribution in [0.3, 0.4) is 0 Å². The van der Waals surface area contributed by atoms with Gasteiger partial charge in [0, 0.05) is 0 Å². The summed E-state index contributed by atoms with van der Waals surface area (Å²) in [5, 5.41) is 10.3. The van der Waals surface area contributed by atoms with Crippen molar-refractivity contribution in [1.29, 1.82) is 0 Å². The van der Waals surface area contributed by atoms with Crippen LogP contribution in [-0.4, -0.2) is 11.2 Å². The molecule has 4 fully saturated rings. The number of aliphatic hydroxyl groups is 1. The van der Waals surface area contributed by atoms with E-state index >= 15 is 0 Å². The number of aliphatic hydroxyl groups excluding tert-OH is 1. The second-order valence-electron chi connectivity index (χ2n) is 12.6. The van der Waals surface area contributed by atoms with Gasteiger partial charge in [-0.05, 0) is 110 Å². The van der Waals surface area contributed by atoms with E-state index in [1.165, 1.54) is 64.2 Å². The molecule has 4 saturated carbocycles. The van der Waals surface area contributed by atoms with Gasteiger partial charge in [-0.1, -0.05) is 53.9 Å². The maximum atomic E-state index is 10.3. The maximum absolute atomic E-state index is 10.3. The molecule has 4 aliphatic carbocycles. The third-order valence-electron chi connectivity index (χ3n) is 10.8. The second-order valence-corrected chi connectivity index (χ2v) is 12.6. The van der Waals surface area contributed by atoms with Gasteiger partial charge in [-0.15, -0.1) is 0 Å². The van der Waals surface area contributed by atoms with E-state index in [0.29, 0.717) is 10.8 Å². The number of rotatable bonds is 5. The van der Waals surface area contributed by atoms with Crippen molar-refractivity contribution < 1.29 is 5.11 Å². The van der Waals surface area contributed by atoms with Crippen LogP contribution >= 0.6 is 0 Å². The van der Waals surface area contributed by atoms with E-state index in [0.717, 1.165) is 54.3 Å². The van der Waals surface area contributed by atoms with E-state index in [2.05, 4.69) is 34.6 Å². The fourth-order valence-electron chi connectivity index (χ4n) is 9.26. The molecule has 0 bridgehead atoms. The van der Waals surface area contributed by atoms with E-state index < -0.39 is 0 Å². The summed E-state index contributed by atoms with van der Waals surface area (Å²) in [6.45, 7) is 12.7. The molecule has 0 aromatic heterocycles. The molecule has 0 saturated heterocycles. The van der Waals surface area contributed by atoms with Gasteiger partial charge < -0.3 is 5.11 Å². The van der Waals surface area contributed by atoms with Crippen LogP contribution < -0.4 is 0 Å². The molecule has 0 heterocycles. The second kappa shape index (κ2) is 7.90. The molecular weight excluding hydrogens is 340 g/mol. The fourth-order valence-corrected chi connectivity index (χ4v) is 9.26. The average Bonchev–Trinajstić information content (AvgIpc) is 2.99. The summed E-state index contributed by atoms with van der Waals surface area (Å²) in [4.78, 5) is 0. The highest BCUT2D eigenvalue weighted by Gasteiger charge is 2.60. The lowest BCUT2D eigenvalue weighted by atomic mass is 9.44. The lowest BCUT2D eigenvalue weighted by Crippen LogP contribution is -2.54. The van der Waals surface area contributed by atoms with Crippen molar-refractivity contribution in [2.75, 3.05) is 0 Å². The molecule has 4 rings (SSSR count). The molecule has 1 N–H and O–H groups in total. The Bertz CT molecular complexity index is 540. The van der Waals surface area contributed by atoms with Crippen molar-refractivity contribution in [3.63, 3.8) is 0 Å². The first-order chi connectivity index (χ1) is 13.3. The fraction of sp³-hybridized carbons (Fsp3) is 1.00. The minimum absolute atomic E-state index is 0.00830. The highest BCUT2D eigenvalue weighted by Crippen LogP contribution is 2.68. The first-order valence-electron chi connectivity index (χ1n) is 12.9. The molecular formula is C27H48O. The van der Waals surface area contributed by atoms with Gasteiger partial charge >= 0.3 is 0 Å². The zero-order valence-corrected chi connectivity index (χ0v) is 19.6. The van der Waals surface area contributed by atoms with Crippen LogP contribution in [-0.2, 0) is 0 Å². The molecule has 4 aliphatic rings.